The molecule has 0 saturated carbocycles. The molecule has 0 radical (unpaired) electrons. The fourth-order valence-electron chi connectivity index (χ4n) is 2.90. The van der Waals surface area contributed by atoms with Crippen LogP contribution in [0.3, 0.4) is 0 Å². The van der Waals surface area contributed by atoms with Crippen LogP contribution >= 0.6 is 0 Å². The van der Waals surface area contributed by atoms with Crippen molar-refractivity contribution in [1.29, 1.82) is 0 Å². The van der Waals surface area contributed by atoms with Crippen LogP contribution in [0.5, 0.6) is 0 Å². The summed E-state index contributed by atoms with van der Waals surface area (Å²) in [6.45, 7) is 0. The predicted octanol–water partition coefficient (Wildman–Crippen LogP) is 3.58. The van der Waals surface area contributed by atoms with E-state index in [1.165, 1.54) is 0 Å². The molecule has 0 aliphatic rings. The molecule has 0 amide bonds. The molecule has 5 rings (SSSR count). The summed E-state index contributed by atoms with van der Waals surface area (Å²) in [6, 6.07) is 20.4. The van der Waals surface area contributed by atoms with E-state index < -0.39 is 0 Å². The van der Waals surface area contributed by atoms with Gasteiger partial charge in [-0.1, -0.05) is 42.5 Å². The average molecular weight is 270 g/mol. The van der Waals surface area contributed by atoms with Crippen molar-refractivity contribution in [2.24, 2.45) is 0 Å². The van der Waals surface area contributed by atoms with Crippen molar-refractivity contribution in [2.45, 2.75) is 0 Å². The van der Waals surface area contributed by atoms with E-state index in [2.05, 4.69) is 39.6 Å². The quantitative estimate of drug-likeness (QED) is 0.404. The Hall–Kier alpha value is -3.01. The van der Waals surface area contributed by atoms with E-state index >= 15 is 0 Å². The minimum absolute atomic E-state index is 0.799. The van der Waals surface area contributed by atoms with Gasteiger partial charge in [0, 0.05) is 10.8 Å². The summed E-state index contributed by atoms with van der Waals surface area (Å²) < 4.78 is 1.89. The van der Waals surface area contributed by atoms with Crippen molar-refractivity contribution in [3.8, 4) is 0 Å². The summed E-state index contributed by atoms with van der Waals surface area (Å²) >= 11 is 0. The standard InChI is InChI=1S/C17H10N4/c1-2-6-12-11(5-1)9-10-15-16(12)18-19-17-13-7-3-4-8-14(13)20-21(15)17/h1-10H. The normalized spacial score (nSPS) is 11.8. The molecular formula is C17H10N4. The first-order valence-electron chi connectivity index (χ1n) is 6.83. The number of rotatable bonds is 0. The maximum atomic E-state index is 4.66. The van der Waals surface area contributed by atoms with Gasteiger partial charge in [0.2, 0.25) is 0 Å². The van der Waals surface area contributed by atoms with E-state index in [0.29, 0.717) is 0 Å². The Balaban J connectivity index is 2.07. The molecule has 0 aliphatic heterocycles. The van der Waals surface area contributed by atoms with Gasteiger partial charge in [0.1, 0.15) is 5.52 Å². The van der Waals surface area contributed by atoms with Gasteiger partial charge in [0.25, 0.3) is 0 Å². The first-order chi connectivity index (χ1) is 10.4. The van der Waals surface area contributed by atoms with E-state index in [0.717, 1.165) is 38.4 Å². The van der Waals surface area contributed by atoms with Gasteiger partial charge in [-0.2, -0.15) is 5.10 Å². The molecule has 0 aliphatic carbocycles. The molecule has 4 heteroatoms. The summed E-state index contributed by atoms with van der Waals surface area (Å²) in [4.78, 5) is 0. The second-order valence-corrected chi connectivity index (χ2v) is 5.11. The van der Waals surface area contributed by atoms with Crippen molar-refractivity contribution < 1.29 is 0 Å². The molecule has 98 valence electrons. The molecule has 0 atom stereocenters. The lowest BCUT2D eigenvalue weighted by Crippen LogP contribution is -1.96. The van der Waals surface area contributed by atoms with E-state index in [1.807, 2.05) is 40.9 Å². The van der Waals surface area contributed by atoms with Crippen LogP contribution in [0.15, 0.2) is 60.7 Å². The summed E-state index contributed by atoms with van der Waals surface area (Å²) in [5.41, 5.74) is 3.60. The lowest BCUT2D eigenvalue weighted by atomic mass is 10.1. The Morgan fingerprint density at radius 2 is 1.52 bits per heavy atom. The summed E-state index contributed by atoms with van der Waals surface area (Å²) in [6.07, 6.45) is 0. The number of aromatic nitrogens is 4. The van der Waals surface area contributed by atoms with Crippen molar-refractivity contribution in [1.82, 2.24) is 19.8 Å². The van der Waals surface area contributed by atoms with Gasteiger partial charge in [-0.3, -0.25) is 0 Å². The van der Waals surface area contributed by atoms with Crippen LogP contribution < -0.4 is 0 Å². The lowest BCUT2D eigenvalue weighted by molar-refractivity contribution is 0.958. The van der Waals surface area contributed by atoms with Gasteiger partial charge in [-0.25, -0.2) is 4.52 Å². The van der Waals surface area contributed by atoms with Crippen LogP contribution in [-0.2, 0) is 0 Å². The van der Waals surface area contributed by atoms with Gasteiger partial charge in [0.15, 0.2) is 5.65 Å². The van der Waals surface area contributed by atoms with Crippen LogP contribution in [0.1, 0.15) is 0 Å². The highest BCUT2D eigenvalue weighted by Crippen LogP contribution is 2.25. The molecule has 21 heavy (non-hydrogen) atoms. The molecule has 0 bridgehead atoms. The van der Waals surface area contributed by atoms with E-state index in [1.54, 1.807) is 0 Å². The largest absolute Gasteiger partial charge is 0.210 e. The van der Waals surface area contributed by atoms with E-state index in [9.17, 15) is 0 Å². The Morgan fingerprint density at radius 1 is 0.714 bits per heavy atom. The Kier molecular flexibility index (Phi) is 1.92. The highest BCUT2D eigenvalue weighted by molar-refractivity contribution is 6.05. The Bertz CT molecular complexity index is 1140. The summed E-state index contributed by atoms with van der Waals surface area (Å²) in [5.74, 6) is 0. The fraction of sp³-hybridized carbons (Fsp3) is 0. The number of hydrogen-bond acceptors (Lipinski definition) is 3. The zero-order chi connectivity index (χ0) is 13.8. The average Bonchev–Trinajstić information content (AvgIpc) is 2.93. The third-order valence-electron chi connectivity index (χ3n) is 3.91. The third-order valence-corrected chi connectivity index (χ3v) is 3.91. The zero-order valence-electron chi connectivity index (χ0n) is 11.1. The Labute approximate surface area is 119 Å². The molecule has 3 aromatic carbocycles. The van der Waals surface area contributed by atoms with Crippen molar-refractivity contribution >= 4 is 38.4 Å². The maximum Gasteiger partial charge on any atom is 0.185 e. The van der Waals surface area contributed by atoms with Crippen molar-refractivity contribution in [3.05, 3.63) is 60.7 Å². The molecule has 0 fully saturated rings. The molecule has 0 saturated heterocycles. The van der Waals surface area contributed by atoms with Gasteiger partial charge < -0.3 is 0 Å². The third kappa shape index (κ3) is 1.36. The molecule has 0 N–H and O–H groups in total. The van der Waals surface area contributed by atoms with Gasteiger partial charge in [-0.15, -0.1) is 10.2 Å². The minimum Gasteiger partial charge on any atom is -0.210 e. The van der Waals surface area contributed by atoms with Crippen LogP contribution in [0.2, 0.25) is 0 Å². The van der Waals surface area contributed by atoms with Crippen LogP contribution in [0.4, 0.5) is 0 Å². The topological polar surface area (TPSA) is 43.1 Å². The highest BCUT2D eigenvalue weighted by atomic mass is 15.3. The number of benzene rings is 3. The van der Waals surface area contributed by atoms with Crippen molar-refractivity contribution in [3.63, 3.8) is 0 Å². The molecular weight excluding hydrogens is 260 g/mol. The highest BCUT2D eigenvalue weighted by Gasteiger charge is 2.11. The van der Waals surface area contributed by atoms with E-state index in [-0.39, 0.29) is 0 Å². The maximum absolute atomic E-state index is 4.66. The SMILES string of the molecule is c1ccc2c(c1)ccc1c2nnc2c3ccccc3nn12. The molecule has 5 aromatic rings. The van der Waals surface area contributed by atoms with Crippen molar-refractivity contribution in [2.75, 3.05) is 0 Å². The lowest BCUT2D eigenvalue weighted by Gasteiger charge is -2.03. The smallest absolute Gasteiger partial charge is 0.185 e. The van der Waals surface area contributed by atoms with Crippen LogP contribution in [-0.4, -0.2) is 19.8 Å². The Morgan fingerprint density at radius 3 is 2.48 bits per heavy atom. The second kappa shape index (κ2) is 3.76. The van der Waals surface area contributed by atoms with E-state index in [4.69, 9.17) is 0 Å². The summed E-state index contributed by atoms with van der Waals surface area (Å²) in [5, 5.41) is 16.8. The molecule has 2 aromatic heterocycles. The zero-order valence-corrected chi connectivity index (χ0v) is 11.1. The first-order valence-corrected chi connectivity index (χ1v) is 6.83. The fourth-order valence-corrected chi connectivity index (χ4v) is 2.90. The van der Waals surface area contributed by atoms with Gasteiger partial charge >= 0.3 is 0 Å². The molecule has 0 unspecified atom stereocenters. The second-order valence-electron chi connectivity index (χ2n) is 5.11. The number of fused-ring (bicyclic) bond motifs is 7. The first kappa shape index (κ1) is 10.7. The predicted molar refractivity (Wildman–Crippen MR) is 83.3 cm³/mol. The number of hydrogen-bond donors (Lipinski definition) is 0. The van der Waals surface area contributed by atoms with Crippen LogP contribution in [0.25, 0.3) is 38.4 Å². The van der Waals surface area contributed by atoms with Gasteiger partial charge in [0.05, 0.1) is 11.0 Å². The number of nitrogens with zero attached hydrogens (tertiary/aromatic N) is 4. The summed E-state index contributed by atoms with van der Waals surface area (Å²) in [7, 11) is 0. The van der Waals surface area contributed by atoms with Crippen LogP contribution in [0, 0.1) is 0 Å². The molecule has 2 heterocycles. The monoisotopic (exact) mass is 270 g/mol. The molecule has 4 nitrogen and oxygen atoms in total. The minimum atomic E-state index is 0.799. The molecule has 0 spiro atoms. The van der Waals surface area contributed by atoms with Gasteiger partial charge in [-0.05, 0) is 23.6 Å².